The van der Waals surface area contributed by atoms with Gasteiger partial charge in [-0.3, -0.25) is 4.98 Å². The molecule has 0 saturated carbocycles. The first-order chi connectivity index (χ1) is 9.06. The third-order valence-electron chi connectivity index (χ3n) is 2.69. The van der Waals surface area contributed by atoms with Crippen molar-refractivity contribution in [3.05, 3.63) is 65.5 Å². The summed E-state index contributed by atoms with van der Waals surface area (Å²) in [6.45, 7) is 0. The molecule has 0 N–H and O–H groups in total. The van der Waals surface area contributed by atoms with Crippen molar-refractivity contribution >= 4 is 5.97 Å². The van der Waals surface area contributed by atoms with E-state index in [1.165, 1.54) is 12.3 Å². The number of hydrogen-bond acceptors (Lipinski definition) is 3. The summed E-state index contributed by atoms with van der Waals surface area (Å²) >= 11 is 0. The van der Waals surface area contributed by atoms with Gasteiger partial charge in [0.1, 0.15) is 11.6 Å². The molecule has 0 amide bonds. The molecule has 20 heavy (non-hydrogen) atoms. The summed E-state index contributed by atoms with van der Waals surface area (Å²) < 4.78 is 26.1. The van der Waals surface area contributed by atoms with E-state index < -0.39 is 23.5 Å². The van der Waals surface area contributed by atoms with E-state index in [4.69, 9.17) is 0 Å². The van der Waals surface area contributed by atoms with Gasteiger partial charge in [-0.25, -0.2) is 8.78 Å². The van der Waals surface area contributed by atoms with Crippen molar-refractivity contribution in [2.45, 2.75) is 12.3 Å². The molecule has 0 aliphatic carbocycles. The Kier molecular flexibility index (Phi) is 6.26. The Bertz CT molecular complexity index is 573. The fourth-order valence-corrected chi connectivity index (χ4v) is 1.86. The second-order valence-electron chi connectivity index (χ2n) is 4.11. The first kappa shape index (κ1) is 16.8. The normalized spacial score (nSPS) is 11.5. The first-order valence-electron chi connectivity index (χ1n) is 5.63. The van der Waals surface area contributed by atoms with Gasteiger partial charge >= 0.3 is 29.6 Å². The smallest absolute Gasteiger partial charge is 0.549 e. The van der Waals surface area contributed by atoms with E-state index in [-0.39, 0.29) is 41.5 Å². The van der Waals surface area contributed by atoms with E-state index in [9.17, 15) is 18.7 Å². The Morgan fingerprint density at radius 1 is 1.20 bits per heavy atom. The predicted molar refractivity (Wildman–Crippen MR) is 62.0 cm³/mol. The van der Waals surface area contributed by atoms with E-state index >= 15 is 0 Å². The van der Waals surface area contributed by atoms with Crippen LogP contribution < -0.4 is 34.7 Å². The third-order valence-corrected chi connectivity index (χ3v) is 2.69. The van der Waals surface area contributed by atoms with Gasteiger partial charge in [-0.15, -0.1) is 0 Å². The quantitative estimate of drug-likeness (QED) is 0.639. The Morgan fingerprint density at radius 2 is 1.85 bits per heavy atom. The molecule has 98 valence electrons. The van der Waals surface area contributed by atoms with Crippen LogP contribution in [-0.4, -0.2) is 11.0 Å². The minimum Gasteiger partial charge on any atom is -0.549 e. The van der Waals surface area contributed by atoms with E-state index in [0.29, 0.717) is 5.69 Å². The van der Waals surface area contributed by atoms with Gasteiger partial charge < -0.3 is 9.90 Å². The number of pyridine rings is 1. The van der Waals surface area contributed by atoms with Crippen molar-refractivity contribution in [1.29, 1.82) is 0 Å². The van der Waals surface area contributed by atoms with Gasteiger partial charge in [0, 0.05) is 23.9 Å². The molecular formula is C14H10F2NNaO2. The first-order valence-corrected chi connectivity index (χ1v) is 5.63. The Labute approximate surface area is 137 Å². The zero-order chi connectivity index (χ0) is 13.8. The van der Waals surface area contributed by atoms with E-state index in [1.54, 1.807) is 12.1 Å². The second kappa shape index (κ2) is 7.47. The summed E-state index contributed by atoms with van der Waals surface area (Å²) in [6, 6.07) is 7.76. The van der Waals surface area contributed by atoms with Gasteiger partial charge in [-0.05, 0) is 36.2 Å². The standard InChI is InChI=1S/C14H11F2NO2.Na/c15-10-5-9(6-11(16)8-10)7-12(14(18)19)13-3-1-2-4-17-13;/h1-6,8,12H,7H2,(H,18,19);/q;+1/p-1. The number of nitrogens with zero attached hydrogens (tertiary/aromatic N) is 1. The fraction of sp³-hybridized carbons (Fsp3) is 0.143. The minimum absolute atomic E-state index is 0. The maximum absolute atomic E-state index is 13.1. The molecule has 1 atom stereocenters. The maximum atomic E-state index is 13.1. The molecule has 0 bridgehead atoms. The van der Waals surface area contributed by atoms with Crippen molar-refractivity contribution in [3.8, 4) is 0 Å². The number of carbonyl (C=O) groups excluding carboxylic acids is 1. The SMILES string of the molecule is O=C([O-])C(Cc1cc(F)cc(F)c1)c1ccccn1.[Na+]. The van der Waals surface area contributed by atoms with Crippen molar-refractivity contribution < 1.29 is 48.2 Å². The van der Waals surface area contributed by atoms with E-state index in [2.05, 4.69) is 4.98 Å². The molecule has 0 aliphatic heterocycles. The molecule has 0 fully saturated rings. The van der Waals surface area contributed by atoms with Crippen molar-refractivity contribution in [3.63, 3.8) is 0 Å². The molecule has 0 aliphatic rings. The third kappa shape index (κ3) is 4.37. The molecule has 1 aromatic carbocycles. The van der Waals surface area contributed by atoms with E-state index in [0.717, 1.165) is 18.2 Å². The number of halogens is 2. The monoisotopic (exact) mass is 285 g/mol. The summed E-state index contributed by atoms with van der Waals surface area (Å²) in [5.74, 6) is -3.85. The minimum atomic E-state index is -1.33. The van der Waals surface area contributed by atoms with Gasteiger partial charge in [-0.2, -0.15) is 0 Å². The van der Waals surface area contributed by atoms with E-state index in [1.807, 2.05) is 0 Å². The zero-order valence-electron chi connectivity index (χ0n) is 10.8. The number of hydrogen-bond donors (Lipinski definition) is 0. The van der Waals surface area contributed by atoms with Crippen LogP contribution in [-0.2, 0) is 11.2 Å². The zero-order valence-corrected chi connectivity index (χ0v) is 12.8. The molecule has 3 nitrogen and oxygen atoms in total. The molecule has 0 spiro atoms. The number of carboxylic acids is 1. The number of carboxylic acid groups (broad SMARTS) is 1. The van der Waals surface area contributed by atoms with Crippen LogP contribution in [0.3, 0.4) is 0 Å². The van der Waals surface area contributed by atoms with Crippen LogP contribution in [0.4, 0.5) is 8.78 Å². The predicted octanol–water partition coefficient (Wildman–Crippen LogP) is -1.56. The molecule has 2 aromatic rings. The topological polar surface area (TPSA) is 53.0 Å². The molecule has 6 heteroatoms. The molecular weight excluding hydrogens is 275 g/mol. The molecule has 1 aromatic heterocycles. The number of aliphatic carboxylic acids is 1. The van der Waals surface area contributed by atoms with Crippen LogP contribution in [0.2, 0.25) is 0 Å². The van der Waals surface area contributed by atoms with Crippen LogP contribution in [0, 0.1) is 11.6 Å². The average Bonchev–Trinajstić information content (AvgIpc) is 2.35. The van der Waals surface area contributed by atoms with Crippen LogP contribution >= 0.6 is 0 Å². The van der Waals surface area contributed by atoms with Crippen molar-refractivity contribution in [2.75, 3.05) is 0 Å². The van der Waals surface area contributed by atoms with Gasteiger partial charge in [0.2, 0.25) is 0 Å². The summed E-state index contributed by atoms with van der Waals surface area (Å²) in [4.78, 5) is 15.1. The second-order valence-corrected chi connectivity index (χ2v) is 4.11. The van der Waals surface area contributed by atoms with Gasteiger partial charge in [-0.1, -0.05) is 6.07 Å². The van der Waals surface area contributed by atoms with Crippen molar-refractivity contribution in [1.82, 2.24) is 4.98 Å². The number of benzene rings is 1. The van der Waals surface area contributed by atoms with Crippen LogP contribution in [0.25, 0.3) is 0 Å². The molecule has 1 unspecified atom stereocenters. The number of aromatic nitrogens is 1. The van der Waals surface area contributed by atoms with Crippen molar-refractivity contribution in [2.24, 2.45) is 0 Å². The summed E-state index contributed by atoms with van der Waals surface area (Å²) in [5.41, 5.74) is 0.546. The number of rotatable bonds is 4. The fourth-order valence-electron chi connectivity index (χ4n) is 1.86. The summed E-state index contributed by atoms with van der Waals surface area (Å²) in [5, 5.41) is 11.1. The largest absolute Gasteiger partial charge is 1.00 e. The van der Waals surface area contributed by atoms with Gasteiger partial charge in [0.15, 0.2) is 0 Å². The Morgan fingerprint density at radius 3 is 2.35 bits per heavy atom. The Balaban J connectivity index is 0.00000200. The summed E-state index contributed by atoms with van der Waals surface area (Å²) in [7, 11) is 0. The average molecular weight is 285 g/mol. The number of carbonyl (C=O) groups is 1. The Hall–Kier alpha value is -1.30. The van der Waals surface area contributed by atoms with Crippen LogP contribution in [0.15, 0.2) is 42.6 Å². The molecule has 2 rings (SSSR count). The van der Waals surface area contributed by atoms with Crippen LogP contribution in [0.5, 0.6) is 0 Å². The van der Waals surface area contributed by atoms with Crippen LogP contribution in [0.1, 0.15) is 17.2 Å². The molecule has 0 radical (unpaired) electrons. The molecule has 1 heterocycles. The van der Waals surface area contributed by atoms with Gasteiger partial charge in [0.05, 0.1) is 5.97 Å². The molecule has 0 saturated heterocycles. The maximum Gasteiger partial charge on any atom is 1.00 e. The summed E-state index contributed by atoms with van der Waals surface area (Å²) in [6.07, 6.45) is 1.38. The van der Waals surface area contributed by atoms with Gasteiger partial charge in [0.25, 0.3) is 0 Å².